The van der Waals surface area contributed by atoms with E-state index < -0.39 is 0 Å². The van der Waals surface area contributed by atoms with Gasteiger partial charge in [0.25, 0.3) is 0 Å². The van der Waals surface area contributed by atoms with E-state index >= 15 is 0 Å². The predicted molar refractivity (Wildman–Crippen MR) is 81.7 cm³/mol. The summed E-state index contributed by atoms with van der Waals surface area (Å²) in [6.45, 7) is 6.95. The minimum absolute atomic E-state index is 0.0575. The largest absolute Gasteiger partial charge is 0.489 e. The third-order valence-corrected chi connectivity index (χ3v) is 3.83. The molecule has 0 saturated heterocycles. The van der Waals surface area contributed by atoms with Gasteiger partial charge in [0.05, 0.1) is 12.3 Å². The lowest BCUT2D eigenvalue weighted by atomic mass is 10.3. The summed E-state index contributed by atoms with van der Waals surface area (Å²) in [5, 5.41) is 0. The van der Waals surface area contributed by atoms with Gasteiger partial charge in [0.1, 0.15) is 6.61 Å². The van der Waals surface area contributed by atoms with Crippen molar-refractivity contribution in [2.75, 3.05) is 26.0 Å². The van der Waals surface area contributed by atoms with E-state index in [-0.39, 0.29) is 28.8 Å². The lowest BCUT2D eigenvalue weighted by molar-refractivity contribution is -0.127. The van der Waals surface area contributed by atoms with Gasteiger partial charge in [-0.25, -0.2) is 4.39 Å². The van der Waals surface area contributed by atoms with E-state index in [1.54, 1.807) is 41.9 Å². The summed E-state index contributed by atoms with van der Waals surface area (Å²) in [6, 6.07) is 6.26. The molecule has 3 nitrogen and oxygen atoms in total. The van der Waals surface area contributed by atoms with Crippen molar-refractivity contribution < 1.29 is 13.9 Å². The van der Waals surface area contributed by atoms with Gasteiger partial charge in [0, 0.05) is 11.8 Å². The first kappa shape index (κ1) is 16.8. The van der Waals surface area contributed by atoms with Crippen LogP contribution < -0.4 is 4.74 Å². The number of benzene rings is 1. The maximum atomic E-state index is 13.3. The quantitative estimate of drug-likeness (QED) is 0.808. The van der Waals surface area contributed by atoms with Crippen molar-refractivity contribution in [3.8, 4) is 5.75 Å². The molecule has 1 amide bonds. The van der Waals surface area contributed by atoms with E-state index in [4.69, 9.17) is 4.74 Å². The van der Waals surface area contributed by atoms with Crippen LogP contribution in [-0.2, 0) is 4.79 Å². The number of thioether (sulfide) groups is 1. The van der Waals surface area contributed by atoms with Crippen LogP contribution in [0.15, 0.2) is 24.3 Å². The van der Waals surface area contributed by atoms with Gasteiger partial charge in [-0.1, -0.05) is 32.9 Å². The Hall–Kier alpha value is -1.23. The SMILES string of the molecule is CN(CCOc1ccccc1F)C(=O)CSC(C)(C)C. The van der Waals surface area contributed by atoms with Crippen molar-refractivity contribution in [1.29, 1.82) is 0 Å². The lowest BCUT2D eigenvalue weighted by Crippen LogP contribution is -2.33. The Morgan fingerprint density at radius 3 is 2.60 bits per heavy atom. The van der Waals surface area contributed by atoms with E-state index in [1.165, 1.54) is 6.07 Å². The minimum Gasteiger partial charge on any atom is -0.489 e. The molecule has 0 heterocycles. The van der Waals surface area contributed by atoms with Crippen molar-refractivity contribution in [2.45, 2.75) is 25.5 Å². The second kappa shape index (κ2) is 7.53. The Morgan fingerprint density at radius 1 is 1.35 bits per heavy atom. The van der Waals surface area contributed by atoms with E-state index in [1.807, 2.05) is 0 Å². The topological polar surface area (TPSA) is 29.5 Å². The van der Waals surface area contributed by atoms with E-state index in [0.29, 0.717) is 12.3 Å². The van der Waals surface area contributed by atoms with Crippen LogP contribution in [0.25, 0.3) is 0 Å². The highest BCUT2D eigenvalue weighted by atomic mass is 32.2. The van der Waals surface area contributed by atoms with Crippen LogP contribution in [0.4, 0.5) is 4.39 Å². The van der Waals surface area contributed by atoms with Crippen molar-refractivity contribution in [3.05, 3.63) is 30.1 Å². The second-order valence-corrected chi connectivity index (χ2v) is 7.30. The molecule has 0 aliphatic rings. The van der Waals surface area contributed by atoms with Gasteiger partial charge in [-0.3, -0.25) is 4.79 Å². The summed E-state index contributed by atoms with van der Waals surface area (Å²) in [7, 11) is 1.73. The number of ether oxygens (including phenoxy) is 1. The van der Waals surface area contributed by atoms with Gasteiger partial charge < -0.3 is 9.64 Å². The molecule has 1 aromatic rings. The minimum atomic E-state index is -0.384. The van der Waals surface area contributed by atoms with Crippen molar-refractivity contribution >= 4 is 17.7 Å². The monoisotopic (exact) mass is 299 g/mol. The molecule has 0 unspecified atom stereocenters. The Labute approximate surface area is 124 Å². The molecule has 0 N–H and O–H groups in total. The summed E-state index contributed by atoms with van der Waals surface area (Å²) >= 11 is 1.61. The molecule has 0 aliphatic carbocycles. The van der Waals surface area contributed by atoms with Gasteiger partial charge in [-0.15, -0.1) is 11.8 Å². The summed E-state index contributed by atoms with van der Waals surface area (Å²) in [5.41, 5.74) is 0. The van der Waals surface area contributed by atoms with Gasteiger partial charge in [-0.2, -0.15) is 0 Å². The third kappa shape index (κ3) is 6.28. The summed E-state index contributed by atoms with van der Waals surface area (Å²) < 4.78 is 18.7. The maximum absolute atomic E-state index is 13.3. The van der Waals surface area contributed by atoms with E-state index in [2.05, 4.69) is 20.8 Å². The molecule has 0 aromatic heterocycles. The number of rotatable bonds is 6. The smallest absolute Gasteiger partial charge is 0.232 e. The molecule has 0 atom stereocenters. The number of para-hydroxylation sites is 1. The van der Waals surface area contributed by atoms with Gasteiger partial charge in [0.2, 0.25) is 5.91 Å². The van der Waals surface area contributed by atoms with Crippen LogP contribution in [0, 0.1) is 5.82 Å². The molecule has 0 radical (unpaired) electrons. The number of nitrogens with zero attached hydrogens (tertiary/aromatic N) is 1. The van der Waals surface area contributed by atoms with Gasteiger partial charge in [0.15, 0.2) is 11.6 Å². The van der Waals surface area contributed by atoms with Crippen molar-refractivity contribution in [3.63, 3.8) is 0 Å². The number of amides is 1. The number of likely N-dealkylation sites (N-methyl/N-ethyl adjacent to an activating group) is 1. The normalized spacial score (nSPS) is 11.2. The Bertz CT molecular complexity index is 446. The van der Waals surface area contributed by atoms with Crippen molar-refractivity contribution in [1.82, 2.24) is 4.90 Å². The van der Waals surface area contributed by atoms with Crippen LogP contribution in [0.1, 0.15) is 20.8 Å². The molecule has 5 heteroatoms. The maximum Gasteiger partial charge on any atom is 0.232 e. The zero-order chi connectivity index (χ0) is 15.2. The summed E-state index contributed by atoms with van der Waals surface area (Å²) in [5.74, 6) is 0.337. The number of hydrogen-bond donors (Lipinski definition) is 0. The highest BCUT2D eigenvalue weighted by Gasteiger charge is 2.15. The molecular formula is C15H22FNO2S. The van der Waals surface area contributed by atoms with E-state index in [0.717, 1.165) is 0 Å². The second-order valence-electron chi connectivity index (χ2n) is 5.50. The van der Waals surface area contributed by atoms with Gasteiger partial charge in [-0.05, 0) is 12.1 Å². The zero-order valence-corrected chi connectivity index (χ0v) is 13.3. The third-order valence-electron chi connectivity index (χ3n) is 2.58. The number of hydrogen-bond acceptors (Lipinski definition) is 3. The predicted octanol–water partition coefficient (Wildman–Crippen LogP) is 3.19. The molecule has 112 valence electrons. The Balaban J connectivity index is 2.31. The summed E-state index contributed by atoms with van der Waals surface area (Å²) in [6.07, 6.45) is 0. The molecule has 0 fully saturated rings. The van der Waals surface area contributed by atoms with Crippen LogP contribution in [0.5, 0.6) is 5.75 Å². The van der Waals surface area contributed by atoms with Crippen LogP contribution >= 0.6 is 11.8 Å². The first-order chi connectivity index (χ1) is 9.29. The fourth-order valence-electron chi connectivity index (χ4n) is 1.37. The first-order valence-electron chi connectivity index (χ1n) is 6.55. The van der Waals surface area contributed by atoms with Crippen molar-refractivity contribution in [2.24, 2.45) is 0 Å². The highest BCUT2D eigenvalue weighted by molar-refractivity contribution is 8.01. The molecule has 1 aromatic carbocycles. The highest BCUT2D eigenvalue weighted by Crippen LogP contribution is 2.23. The molecule has 0 bridgehead atoms. The molecule has 20 heavy (non-hydrogen) atoms. The van der Waals surface area contributed by atoms with E-state index in [9.17, 15) is 9.18 Å². The average molecular weight is 299 g/mol. The molecular weight excluding hydrogens is 277 g/mol. The number of carbonyl (C=O) groups excluding carboxylic acids is 1. The first-order valence-corrected chi connectivity index (χ1v) is 7.53. The number of halogens is 1. The molecule has 0 saturated carbocycles. The average Bonchev–Trinajstić information content (AvgIpc) is 2.37. The fourth-order valence-corrected chi connectivity index (χ4v) is 2.14. The van der Waals surface area contributed by atoms with Crippen LogP contribution in [0.2, 0.25) is 0 Å². The zero-order valence-electron chi connectivity index (χ0n) is 12.5. The Morgan fingerprint density at radius 2 is 2.00 bits per heavy atom. The fraction of sp³-hybridized carbons (Fsp3) is 0.533. The molecule has 0 aliphatic heterocycles. The summed E-state index contributed by atoms with van der Waals surface area (Å²) in [4.78, 5) is 13.5. The Kier molecular flexibility index (Phi) is 6.33. The molecule has 1 rings (SSSR count). The standard InChI is InChI=1S/C15H22FNO2S/c1-15(2,3)20-11-14(18)17(4)9-10-19-13-8-6-5-7-12(13)16/h5-8H,9-11H2,1-4H3. The van der Waals surface area contributed by atoms with Gasteiger partial charge >= 0.3 is 0 Å². The number of carbonyl (C=O) groups is 1. The lowest BCUT2D eigenvalue weighted by Gasteiger charge is -2.21. The van der Waals surface area contributed by atoms with Crippen LogP contribution in [0.3, 0.4) is 0 Å². The van der Waals surface area contributed by atoms with Crippen LogP contribution in [-0.4, -0.2) is 41.5 Å². The molecule has 0 spiro atoms.